The first-order chi connectivity index (χ1) is 6.65. The summed E-state index contributed by atoms with van der Waals surface area (Å²) in [6.45, 7) is 6.64. The van der Waals surface area contributed by atoms with Gasteiger partial charge in [0.25, 0.3) is 0 Å². The Bertz CT molecular complexity index is 422. The van der Waals surface area contributed by atoms with Crippen LogP contribution in [-0.2, 0) is 6.54 Å². The molecule has 0 bridgehead atoms. The number of hydrogen-bond donors (Lipinski definition) is 0. The van der Waals surface area contributed by atoms with Crippen molar-refractivity contribution < 1.29 is 4.52 Å². The van der Waals surface area contributed by atoms with Crippen LogP contribution in [0.3, 0.4) is 0 Å². The summed E-state index contributed by atoms with van der Waals surface area (Å²) >= 11 is 0. The summed E-state index contributed by atoms with van der Waals surface area (Å²) in [5.74, 6) is 1.33. The molecule has 0 amide bonds. The zero-order chi connectivity index (χ0) is 10.1. The number of aryl methyl sites for hydroxylation is 3. The van der Waals surface area contributed by atoms with Gasteiger partial charge in [-0.2, -0.15) is 4.98 Å². The van der Waals surface area contributed by atoms with Gasteiger partial charge in [0.15, 0.2) is 5.82 Å². The normalized spacial score (nSPS) is 10.8. The van der Waals surface area contributed by atoms with Crippen molar-refractivity contribution in [3.63, 3.8) is 0 Å². The molecular formula is C10H13N3O. The smallest absolute Gasteiger partial charge is 0.246 e. The number of aromatic nitrogens is 3. The number of hydrogen-bond acceptors (Lipinski definition) is 3. The van der Waals surface area contributed by atoms with Gasteiger partial charge in [0.1, 0.15) is 6.54 Å². The lowest BCUT2D eigenvalue weighted by atomic mass is 10.2. The van der Waals surface area contributed by atoms with Gasteiger partial charge in [-0.1, -0.05) is 5.16 Å². The molecule has 0 aliphatic rings. The lowest BCUT2D eigenvalue weighted by Crippen LogP contribution is -1.96. The van der Waals surface area contributed by atoms with E-state index in [1.54, 1.807) is 0 Å². The predicted octanol–water partition coefficient (Wildman–Crippen LogP) is 1.84. The van der Waals surface area contributed by atoms with Crippen molar-refractivity contribution in [3.8, 4) is 0 Å². The van der Waals surface area contributed by atoms with E-state index in [-0.39, 0.29) is 0 Å². The predicted molar refractivity (Wildman–Crippen MR) is 52.0 cm³/mol. The van der Waals surface area contributed by atoms with E-state index in [9.17, 15) is 0 Å². The van der Waals surface area contributed by atoms with Crippen molar-refractivity contribution in [1.29, 1.82) is 0 Å². The minimum atomic E-state index is 0.648. The summed E-state index contributed by atoms with van der Waals surface area (Å²) in [7, 11) is 0. The van der Waals surface area contributed by atoms with E-state index in [1.165, 1.54) is 11.1 Å². The van der Waals surface area contributed by atoms with Crippen LogP contribution >= 0.6 is 0 Å². The highest BCUT2D eigenvalue weighted by atomic mass is 16.5. The van der Waals surface area contributed by atoms with Gasteiger partial charge in [-0.05, 0) is 31.9 Å². The molecule has 0 atom stereocenters. The molecule has 74 valence electrons. The van der Waals surface area contributed by atoms with E-state index in [0.29, 0.717) is 18.3 Å². The molecule has 0 saturated heterocycles. The molecule has 4 nitrogen and oxygen atoms in total. The fourth-order valence-corrected chi connectivity index (χ4v) is 1.39. The summed E-state index contributed by atoms with van der Waals surface area (Å²) in [5.41, 5.74) is 2.56. The van der Waals surface area contributed by atoms with Gasteiger partial charge in [-0.3, -0.25) is 0 Å². The molecule has 0 fully saturated rings. The number of rotatable bonds is 2. The molecule has 2 aromatic heterocycles. The second-order valence-corrected chi connectivity index (χ2v) is 3.53. The third-order valence-electron chi connectivity index (χ3n) is 2.23. The van der Waals surface area contributed by atoms with E-state index in [0.717, 1.165) is 0 Å². The SMILES string of the molecule is Cc1noc(Cn2cc(C)c(C)c2)n1. The Kier molecular flexibility index (Phi) is 2.11. The fraction of sp³-hybridized carbons (Fsp3) is 0.400. The first kappa shape index (κ1) is 8.99. The Labute approximate surface area is 82.6 Å². The molecule has 0 N–H and O–H groups in total. The van der Waals surface area contributed by atoms with Gasteiger partial charge < -0.3 is 9.09 Å². The zero-order valence-electron chi connectivity index (χ0n) is 8.61. The summed E-state index contributed by atoms with van der Waals surface area (Å²) < 4.78 is 7.09. The molecule has 0 saturated carbocycles. The zero-order valence-corrected chi connectivity index (χ0v) is 8.61. The van der Waals surface area contributed by atoms with Crippen molar-refractivity contribution in [2.45, 2.75) is 27.3 Å². The molecule has 0 spiro atoms. The van der Waals surface area contributed by atoms with Crippen LogP contribution in [0.1, 0.15) is 22.8 Å². The standard InChI is InChI=1S/C10H13N3O/c1-7-4-13(5-8(7)2)6-10-11-9(3)12-14-10/h4-5H,6H2,1-3H3. The summed E-state index contributed by atoms with van der Waals surface area (Å²) in [5, 5.41) is 3.74. The lowest BCUT2D eigenvalue weighted by Gasteiger charge is -1.95. The Morgan fingerprint density at radius 2 is 1.86 bits per heavy atom. The second kappa shape index (κ2) is 3.29. The van der Waals surface area contributed by atoms with Crippen LogP contribution < -0.4 is 0 Å². The average molecular weight is 191 g/mol. The van der Waals surface area contributed by atoms with E-state index >= 15 is 0 Å². The summed E-state index contributed by atoms with van der Waals surface area (Å²) in [6, 6.07) is 0. The molecule has 4 heteroatoms. The van der Waals surface area contributed by atoms with E-state index in [4.69, 9.17) is 4.52 Å². The van der Waals surface area contributed by atoms with Crippen LogP contribution in [0.4, 0.5) is 0 Å². The van der Waals surface area contributed by atoms with Crippen molar-refractivity contribution >= 4 is 0 Å². The Morgan fingerprint density at radius 3 is 2.36 bits per heavy atom. The first-order valence-corrected chi connectivity index (χ1v) is 4.57. The summed E-state index contributed by atoms with van der Waals surface area (Å²) in [6.07, 6.45) is 4.16. The third-order valence-corrected chi connectivity index (χ3v) is 2.23. The van der Waals surface area contributed by atoms with Crippen molar-refractivity contribution in [2.75, 3.05) is 0 Å². The van der Waals surface area contributed by atoms with Crippen LogP contribution in [-0.4, -0.2) is 14.7 Å². The van der Waals surface area contributed by atoms with Crippen LogP contribution in [0.25, 0.3) is 0 Å². The molecule has 14 heavy (non-hydrogen) atoms. The number of nitrogens with zero attached hydrogens (tertiary/aromatic N) is 3. The average Bonchev–Trinajstić information content (AvgIpc) is 2.62. The quantitative estimate of drug-likeness (QED) is 0.727. The maximum Gasteiger partial charge on any atom is 0.246 e. The summed E-state index contributed by atoms with van der Waals surface area (Å²) in [4.78, 5) is 4.15. The van der Waals surface area contributed by atoms with Crippen molar-refractivity contribution in [1.82, 2.24) is 14.7 Å². The highest BCUT2D eigenvalue weighted by molar-refractivity contribution is 5.20. The molecule has 2 rings (SSSR count). The van der Waals surface area contributed by atoms with E-state index in [1.807, 2.05) is 6.92 Å². The van der Waals surface area contributed by atoms with Crippen LogP contribution in [0.15, 0.2) is 16.9 Å². The first-order valence-electron chi connectivity index (χ1n) is 4.57. The van der Waals surface area contributed by atoms with Crippen LogP contribution in [0.2, 0.25) is 0 Å². The topological polar surface area (TPSA) is 43.9 Å². The Balaban J connectivity index is 2.18. The van der Waals surface area contributed by atoms with E-state index < -0.39 is 0 Å². The molecule has 0 unspecified atom stereocenters. The second-order valence-electron chi connectivity index (χ2n) is 3.53. The highest BCUT2D eigenvalue weighted by Crippen LogP contribution is 2.09. The Hall–Kier alpha value is -1.58. The van der Waals surface area contributed by atoms with E-state index in [2.05, 4.69) is 40.9 Å². The minimum Gasteiger partial charge on any atom is -0.344 e. The molecule has 0 aliphatic carbocycles. The molecular weight excluding hydrogens is 178 g/mol. The highest BCUT2D eigenvalue weighted by Gasteiger charge is 2.04. The van der Waals surface area contributed by atoms with Gasteiger partial charge in [0.2, 0.25) is 5.89 Å². The minimum absolute atomic E-state index is 0.648. The molecule has 0 radical (unpaired) electrons. The monoisotopic (exact) mass is 191 g/mol. The van der Waals surface area contributed by atoms with Gasteiger partial charge in [-0.25, -0.2) is 0 Å². The van der Waals surface area contributed by atoms with Crippen molar-refractivity contribution in [3.05, 3.63) is 35.2 Å². The van der Waals surface area contributed by atoms with Crippen molar-refractivity contribution in [2.24, 2.45) is 0 Å². The fourth-order valence-electron chi connectivity index (χ4n) is 1.39. The van der Waals surface area contributed by atoms with Crippen LogP contribution in [0.5, 0.6) is 0 Å². The van der Waals surface area contributed by atoms with Gasteiger partial charge in [-0.15, -0.1) is 0 Å². The van der Waals surface area contributed by atoms with Crippen LogP contribution in [0, 0.1) is 20.8 Å². The molecule has 2 heterocycles. The maximum absolute atomic E-state index is 5.04. The maximum atomic E-state index is 5.04. The molecule has 0 aromatic carbocycles. The molecule has 2 aromatic rings. The Morgan fingerprint density at radius 1 is 1.21 bits per heavy atom. The third kappa shape index (κ3) is 1.69. The largest absolute Gasteiger partial charge is 0.344 e. The van der Waals surface area contributed by atoms with Gasteiger partial charge in [0.05, 0.1) is 0 Å². The van der Waals surface area contributed by atoms with Gasteiger partial charge in [0, 0.05) is 12.4 Å². The molecule has 0 aliphatic heterocycles. The van der Waals surface area contributed by atoms with Gasteiger partial charge >= 0.3 is 0 Å². The lowest BCUT2D eigenvalue weighted by molar-refractivity contribution is 0.368.